The molecule has 0 bridgehead atoms. The summed E-state index contributed by atoms with van der Waals surface area (Å²) in [5.74, 6) is 1.29. The molecule has 1 N–H and O–H groups in total. The number of methoxy groups -OCH3 is 1. The molecule has 0 radical (unpaired) electrons. The third-order valence-corrected chi connectivity index (χ3v) is 7.68. The lowest BCUT2D eigenvalue weighted by Crippen LogP contribution is -2.40. The summed E-state index contributed by atoms with van der Waals surface area (Å²) in [5.41, 5.74) is 5.59. The van der Waals surface area contributed by atoms with E-state index >= 15 is 0 Å². The van der Waals surface area contributed by atoms with Gasteiger partial charge in [-0.05, 0) is 66.4 Å². The predicted octanol–water partition coefficient (Wildman–Crippen LogP) is 6.18. The molecule has 1 atom stereocenters. The molecule has 7 nitrogen and oxygen atoms in total. The summed E-state index contributed by atoms with van der Waals surface area (Å²) in [5, 5.41) is 5.28. The highest BCUT2D eigenvalue weighted by Gasteiger charge is 2.31. The van der Waals surface area contributed by atoms with Gasteiger partial charge in [-0.25, -0.2) is 4.98 Å². The van der Waals surface area contributed by atoms with Crippen molar-refractivity contribution in [1.82, 2.24) is 9.88 Å². The second-order valence-corrected chi connectivity index (χ2v) is 10.4. The first-order valence-electron chi connectivity index (χ1n) is 13.0. The monoisotopic (exact) mass is 541 g/mol. The molecule has 3 aromatic carbocycles. The lowest BCUT2D eigenvalue weighted by atomic mass is 9.87. The van der Waals surface area contributed by atoms with Crippen LogP contribution in [0, 0.1) is 6.92 Å². The first kappa shape index (κ1) is 26.4. The largest absolute Gasteiger partial charge is 0.497 e. The Hall–Kier alpha value is -4.17. The number of anilines is 1. The molecular formula is C31H31N3O4S. The van der Waals surface area contributed by atoms with Crippen LogP contribution in [0.25, 0.3) is 0 Å². The smallest absolute Gasteiger partial charge is 0.275 e. The number of carbonyl (C=O) groups is 2. The van der Waals surface area contributed by atoms with Crippen molar-refractivity contribution >= 4 is 28.8 Å². The molecule has 0 saturated carbocycles. The molecule has 0 spiro atoms. The van der Waals surface area contributed by atoms with Crippen molar-refractivity contribution in [3.05, 3.63) is 105 Å². The van der Waals surface area contributed by atoms with Crippen molar-refractivity contribution in [1.29, 1.82) is 0 Å². The van der Waals surface area contributed by atoms with Crippen LogP contribution < -0.4 is 14.8 Å². The Morgan fingerprint density at radius 2 is 1.79 bits per heavy atom. The zero-order chi connectivity index (χ0) is 27.4. The topological polar surface area (TPSA) is 80.8 Å². The molecule has 1 aromatic heterocycles. The lowest BCUT2D eigenvalue weighted by molar-refractivity contribution is -0.132. The molecule has 5 rings (SSSR count). The molecule has 4 aromatic rings. The Morgan fingerprint density at radius 3 is 2.51 bits per heavy atom. The molecule has 2 amide bonds. The molecular weight excluding hydrogens is 510 g/mol. The van der Waals surface area contributed by atoms with Gasteiger partial charge in [-0.1, -0.05) is 42.8 Å². The van der Waals surface area contributed by atoms with Gasteiger partial charge in [-0.2, -0.15) is 0 Å². The van der Waals surface area contributed by atoms with Gasteiger partial charge in [0.1, 0.15) is 28.8 Å². The van der Waals surface area contributed by atoms with Crippen molar-refractivity contribution in [3.63, 3.8) is 0 Å². The minimum absolute atomic E-state index is 0.140. The second-order valence-electron chi connectivity index (χ2n) is 9.46. The van der Waals surface area contributed by atoms with Crippen LogP contribution in [0.5, 0.6) is 11.5 Å². The van der Waals surface area contributed by atoms with Crippen LogP contribution >= 0.6 is 11.3 Å². The number of benzene rings is 3. The van der Waals surface area contributed by atoms with E-state index in [0.717, 1.165) is 23.3 Å². The minimum atomic E-state index is -0.280. The molecule has 0 aliphatic carbocycles. The highest BCUT2D eigenvalue weighted by molar-refractivity contribution is 7.09. The average molecular weight is 542 g/mol. The van der Waals surface area contributed by atoms with E-state index in [-0.39, 0.29) is 24.5 Å². The van der Waals surface area contributed by atoms with Gasteiger partial charge < -0.3 is 19.7 Å². The highest BCUT2D eigenvalue weighted by atomic mass is 32.1. The molecule has 1 aliphatic rings. The maximum atomic E-state index is 12.9. The van der Waals surface area contributed by atoms with E-state index in [9.17, 15) is 9.59 Å². The Bertz CT molecular complexity index is 1460. The summed E-state index contributed by atoms with van der Waals surface area (Å²) in [7, 11) is 1.60. The van der Waals surface area contributed by atoms with Crippen LogP contribution in [-0.4, -0.2) is 35.4 Å². The van der Waals surface area contributed by atoms with E-state index in [1.165, 1.54) is 22.5 Å². The van der Waals surface area contributed by atoms with Gasteiger partial charge in [-0.3, -0.25) is 9.59 Å². The highest BCUT2D eigenvalue weighted by Crippen LogP contribution is 2.37. The van der Waals surface area contributed by atoms with E-state index < -0.39 is 0 Å². The summed E-state index contributed by atoms with van der Waals surface area (Å²) in [6, 6.07) is 21.5. The molecule has 200 valence electrons. The van der Waals surface area contributed by atoms with Crippen LogP contribution in [0.15, 0.2) is 72.1 Å². The fourth-order valence-corrected chi connectivity index (χ4v) is 5.44. The fourth-order valence-electron chi connectivity index (χ4n) is 4.76. The van der Waals surface area contributed by atoms with E-state index in [2.05, 4.69) is 47.6 Å². The quantitative estimate of drug-likeness (QED) is 0.288. The number of nitrogens with one attached hydrogen (secondary N) is 1. The summed E-state index contributed by atoms with van der Waals surface area (Å²) < 4.78 is 11.3. The van der Waals surface area contributed by atoms with Gasteiger partial charge in [0.15, 0.2) is 0 Å². The molecule has 0 unspecified atom stereocenters. The summed E-state index contributed by atoms with van der Waals surface area (Å²) in [4.78, 5) is 32.0. The van der Waals surface area contributed by atoms with Crippen molar-refractivity contribution in [3.8, 4) is 11.5 Å². The SMILES string of the molecule is CCC(=O)N1CCc2ccc(OCc3nc(C(=O)Nc4ccc(OC)cc4)cs3)cc2[C@@H]1c1ccc(C)cc1. The molecule has 1 aliphatic heterocycles. The Labute approximate surface area is 232 Å². The average Bonchev–Trinajstić information content (AvgIpc) is 3.45. The van der Waals surface area contributed by atoms with E-state index in [1.807, 2.05) is 24.0 Å². The van der Waals surface area contributed by atoms with Crippen molar-refractivity contribution in [2.45, 2.75) is 39.3 Å². The van der Waals surface area contributed by atoms with E-state index in [1.54, 1.807) is 36.8 Å². The second kappa shape index (κ2) is 11.7. The maximum absolute atomic E-state index is 12.9. The molecule has 0 fully saturated rings. The number of aromatic nitrogens is 1. The predicted molar refractivity (Wildman–Crippen MR) is 153 cm³/mol. The fraction of sp³-hybridized carbons (Fsp3) is 0.258. The van der Waals surface area contributed by atoms with Crippen molar-refractivity contribution < 1.29 is 19.1 Å². The summed E-state index contributed by atoms with van der Waals surface area (Å²) >= 11 is 1.38. The number of hydrogen-bond acceptors (Lipinski definition) is 6. The van der Waals surface area contributed by atoms with Gasteiger partial charge >= 0.3 is 0 Å². The van der Waals surface area contributed by atoms with Crippen molar-refractivity contribution in [2.75, 3.05) is 19.0 Å². The number of carbonyl (C=O) groups excluding carboxylic acids is 2. The number of hydrogen-bond donors (Lipinski definition) is 1. The molecule has 0 saturated heterocycles. The Kier molecular flexibility index (Phi) is 7.93. The van der Waals surface area contributed by atoms with E-state index in [4.69, 9.17) is 9.47 Å². The van der Waals surface area contributed by atoms with Gasteiger partial charge in [-0.15, -0.1) is 11.3 Å². The number of aryl methyl sites for hydroxylation is 1. The Morgan fingerprint density at radius 1 is 1.05 bits per heavy atom. The number of nitrogens with zero attached hydrogens (tertiary/aromatic N) is 2. The summed E-state index contributed by atoms with van der Waals surface area (Å²) in [6.07, 6.45) is 1.27. The van der Waals surface area contributed by atoms with Crippen LogP contribution in [0.2, 0.25) is 0 Å². The van der Waals surface area contributed by atoms with Gasteiger partial charge in [0, 0.05) is 24.0 Å². The third-order valence-electron chi connectivity index (χ3n) is 6.86. The zero-order valence-corrected chi connectivity index (χ0v) is 23.1. The molecule has 2 heterocycles. The molecule has 39 heavy (non-hydrogen) atoms. The number of rotatable bonds is 8. The Balaban J connectivity index is 1.30. The van der Waals surface area contributed by atoms with Crippen LogP contribution in [0.4, 0.5) is 5.69 Å². The van der Waals surface area contributed by atoms with Crippen LogP contribution in [0.3, 0.4) is 0 Å². The van der Waals surface area contributed by atoms with Crippen LogP contribution in [-0.2, 0) is 17.8 Å². The minimum Gasteiger partial charge on any atom is -0.497 e. The standard InChI is InChI=1S/C31H31N3O4S/c1-4-29(35)34-16-15-21-9-12-25(17-26(21)30(34)22-7-5-20(2)6-8-22)38-18-28-33-27(19-39-28)31(36)32-23-10-13-24(37-3)14-11-23/h5-14,17,19,30H,4,15-16,18H2,1-3H3,(H,32,36)/t30-/m0/s1. The van der Waals surface area contributed by atoms with Gasteiger partial charge in [0.2, 0.25) is 5.91 Å². The number of ether oxygens (including phenoxy) is 2. The first-order chi connectivity index (χ1) is 18.9. The first-order valence-corrected chi connectivity index (χ1v) is 13.8. The number of fused-ring (bicyclic) bond motifs is 1. The van der Waals surface area contributed by atoms with Gasteiger partial charge in [0.05, 0.1) is 13.2 Å². The number of amides is 2. The van der Waals surface area contributed by atoms with Gasteiger partial charge in [0.25, 0.3) is 5.91 Å². The molecule has 8 heteroatoms. The van der Waals surface area contributed by atoms with E-state index in [0.29, 0.717) is 35.1 Å². The maximum Gasteiger partial charge on any atom is 0.275 e. The summed E-state index contributed by atoms with van der Waals surface area (Å²) in [6.45, 7) is 4.90. The third kappa shape index (κ3) is 5.96. The number of thiazole rings is 1. The normalized spacial score (nSPS) is 14.4. The van der Waals surface area contributed by atoms with Crippen LogP contribution in [0.1, 0.15) is 57.1 Å². The lowest BCUT2D eigenvalue weighted by Gasteiger charge is -2.38. The zero-order valence-electron chi connectivity index (χ0n) is 22.3. The van der Waals surface area contributed by atoms with Crippen molar-refractivity contribution in [2.24, 2.45) is 0 Å².